The molecule has 0 saturated heterocycles. The summed E-state index contributed by atoms with van der Waals surface area (Å²) in [4.78, 5) is 9.11. The minimum absolute atomic E-state index is 0.409. The van der Waals surface area contributed by atoms with Gasteiger partial charge in [-0.1, -0.05) is 17.3 Å². The second-order valence-electron chi connectivity index (χ2n) is 6.37. The van der Waals surface area contributed by atoms with Gasteiger partial charge in [0.2, 0.25) is 5.89 Å². The Labute approximate surface area is 168 Å². The molecule has 2 aromatic carbocycles. The fourth-order valence-corrected chi connectivity index (χ4v) is 2.96. The minimum atomic E-state index is 0.409. The van der Waals surface area contributed by atoms with Gasteiger partial charge in [-0.3, -0.25) is 0 Å². The summed E-state index contributed by atoms with van der Waals surface area (Å²) in [5.41, 5.74) is 2.41. The highest BCUT2D eigenvalue weighted by molar-refractivity contribution is 5.62. The van der Waals surface area contributed by atoms with Crippen molar-refractivity contribution in [2.45, 2.75) is 20.3 Å². The largest absolute Gasteiger partial charge is 0.497 e. The molecule has 0 saturated carbocycles. The average molecular weight is 391 g/mol. The van der Waals surface area contributed by atoms with Crippen LogP contribution < -0.4 is 9.47 Å². The van der Waals surface area contributed by atoms with E-state index in [4.69, 9.17) is 18.4 Å². The number of oxazole rings is 1. The molecule has 0 aliphatic rings. The molecule has 0 fully saturated rings. The normalized spacial score (nSPS) is 10.9. The van der Waals surface area contributed by atoms with Crippen LogP contribution in [-0.4, -0.2) is 28.8 Å². The first-order valence-electron chi connectivity index (χ1n) is 9.33. The molecule has 7 heteroatoms. The molecule has 148 valence electrons. The number of rotatable bonds is 7. The fourth-order valence-electron chi connectivity index (χ4n) is 2.96. The van der Waals surface area contributed by atoms with Gasteiger partial charge in [-0.2, -0.15) is 4.98 Å². The topological polar surface area (TPSA) is 83.4 Å². The first-order chi connectivity index (χ1) is 14.2. The molecule has 4 aromatic rings. The number of nitrogens with zero attached hydrogens (tertiary/aromatic N) is 3. The van der Waals surface area contributed by atoms with Crippen molar-refractivity contribution in [3.63, 3.8) is 0 Å². The Morgan fingerprint density at radius 1 is 0.966 bits per heavy atom. The van der Waals surface area contributed by atoms with E-state index in [0.29, 0.717) is 36.4 Å². The van der Waals surface area contributed by atoms with Crippen LogP contribution in [0.4, 0.5) is 0 Å². The maximum Gasteiger partial charge on any atom is 0.261 e. The van der Waals surface area contributed by atoms with Crippen LogP contribution in [-0.2, 0) is 6.42 Å². The summed E-state index contributed by atoms with van der Waals surface area (Å²) in [7, 11) is 1.63. The van der Waals surface area contributed by atoms with E-state index < -0.39 is 0 Å². The number of aryl methyl sites for hydroxylation is 1. The van der Waals surface area contributed by atoms with Crippen LogP contribution in [0.2, 0.25) is 0 Å². The lowest BCUT2D eigenvalue weighted by molar-refractivity contribution is 0.339. The van der Waals surface area contributed by atoms with Gasteiger partial charge in [0.1, 0.15) is 17.3 Å². The van der Waals surface area contributed by atoms with Gasteiger partial charge in [0.05, 0.1) is 31.4 Å². The van der Waals surface area contributed by atoms with Crippen molar-refractivity contribution < 1.29 is 18.4 Å². The SMILES string of the molecule is CCOc1ccccc1-c1nc(Cc2nc(-c3ccc(OC)cc3)oc2C)no1. The van der Waals surface area contributed by atoms with Gasteiger partial charge in [-0.05, 0) is 50.2 Å². The quantitative estimate of drug-likeness (QED) is 0.451. The third-order valence-corrected chi connectivity index (χ3v) is 4.44. The fraction of sp³-hybridized carbons (Fsp3) is 0.227. The van der Waals surface area contributed by atoms with Gasteiger partial charge in [-0.25, -0.2) is 4.98 Å². The molecule has 0 amide bonds. The van der Waals surface area contributed by atoms with Crippen LogP contribution in [0.5, 0.6) is 11.5 Å². The van der Waals surface area contributed by atoms with Crippen molar-refractivity contribution in [3.8, 4) is 34.4 Å². The van der Waals surface area contributed by atoms with Crippen LogP contribution >= 0.6 is 0 Å². The Morgan fingerprint density at radius 2 is 1.76 bits per heavy atom. The molecule has 4 rings (SSSR count). The zero-order valence-corrected chi connectivity index (χ0v) is 16.5. The van der Waals surface area contributed by atoms with E-state index in [1.807, 2.05) is 62.4 Å². The van der Waals surface area contributed by atoms with Crippen molar-refractivity contribution in [1.29, 1.82) is 0 Å². The Balaban J connectivity index is 1.56. The summed E-state index contributed by atoms with van der Waals surface area (Å²) in [6.45, 7) is 4.37. The highest BCUT2D eigenvalue weighted by Gasteiger charge is 2.17. The number of benzene rings is 2. The summed E-state index contributed by atoms with van der Waals surface area (Å²) in [5.74, 6) is 3.71. The second-order valence-corrected chi connectivity index (χ2v) is 6.37. The van der Waals surface area contributed by atoms with Crippen LogP contribution in [0, 0.1) is 6.92 Å². The summed E-state index contributed by atoms with van der Waals surface area (Å²) in [6, 6.07) is 15.1. The van der Waals surface area contributed by atoms with Gasteiger partial charge >= 0.3 is 0 Å². The van der Waals surface area contributed by atoms with Gasteiger partial charge in [0, 0.05) is 5.56 Å². The molecule has 7 nitrogen and oxygen atoms in total. The standard InChI is InChI=1S/C22H21N3O4/c1-4-27-19-8-6-5-7-17(19)22-24-20(25-29-22)13-18-14(2)28-21(23-18)15-9-11-16(26-3)12-10-15/h5-12H,4,13H2,1-3H3. The summed E-state index contributed by atoms with van der Waals surface area (Å²) >= 11 is 0. The molecule has 0 aliphatic carbocycles. The highest BCUT2D eigenvalue weighted by Crippen LogP contribution is 2.29. The number of ether oxygens (including phenoxy) is 2. The molecule has 0 N–H and O–H groups in total. The van der Waals surface area contributed by atoms with Crippen LogP contribution in [0.3, 0.4) is 0 Å². The summed E-state index contributed by atoms with van der Waals surface area (Å²) in [5, 5.41) is 4.10. The molecular weight excluding hydrogens is 370 g/mol. The molecule has 0 spiro atoms. The van der Waals surface area contributed by atoms with Gasteiger partial charge in [0.15, 0.2) is 5.82 Å². The van der Waals surface area contributed by atoms with Gasteiger partial charge in [-0.15, -0.1) is 0 Å². The Hall–Kier alpha value is -3.61. The lowest BCUT2D eigenvalue weighted by Gasteiger charge is -2.05. The van der Waals surface area contributed by atoms with E-state index in [9.17, 15) is 0 Å². The zero-order chi connectivity index (χ0) is 20.2. The lowest BCUT2D eigenvalue weighted by atomic mass is 10.2. The molecular formula is C22H21N3O4. The number of methoxy groups -OCH3 is 1. The zero-order valence-electron chi connectivity index (χ0n) is 16.5. The minimum Gasteiger partial charge on any atom is -0.497 e. The molecule has 0 unspecified atom stereocenters. The maximum atomic E-state index is 5.83. The molecule has 0 bridgehead atoms. The van der Waals surface area contributed by atoms with Crippen LogP contribution in [0.25, 0.3) is 22.9 Å². The van der Waals surface area contributed by atoms with E-state index in [2.05, 4.69) is 15.1 Å². The van der Waals surface area contributed by atoms with E-state index >= 15 is 0 Å². The Kier molecular flexibility index (Phi) is 5.29. The first-order valence-corrected chi connectivity index (χ1v) is 9.33. The third kappa shape index (κ3) is 3.99. The van der Waals surface area contributed by atoms with Gasteiger partial charge in [0.25, 0.3) is 5.89 Å². The Morgan fingerprint density at radius 3 is 2.52 bits per heavy atom. The van der Waals surface area contributed by atoms with Crippen LogP contribution in [0.1, 0.15) is 24.2 Å². The molecule has 2 heterocycles. The number of hydrogen-bond donors (Lipinski definition) is 0. The molecule has 29 heavy (non-hydrogen) atoms. The summed E-state index contributed by atoms with van der Waals surface area (Å²) in [6.07, 6.45) is 0.409. The van der Waals surface area contributed by atoms with Crippen molar-refractivity contribution in [2.24, 2.45) is 0 Å². The van der Waals surface area contributed by atoms with E-state index in [-0.39, 0.29) is 0 Å². The predicted octanol–water partition coefficient (Wildman–Crippen LogP) is 4.70. The van der Waals surface area contributed by atoms with Gasteiger partial charge < -0.3 is 18.4 Å². The van der Waals surface area contributed by atoms with Crippen molar-refractivity contribution in [2.75, 3.05) is 13.7 Å². The third-order valence-electron chi connectivity index (χ3n) is 4.44. The molecule has 0 aliphatic heterocycles. The van der Waals surface area contributed by atoms with Crippen molar-refractivity contribution in [3.05, 3.63) is 65.8 Å². The molecule has 0 atom stereocenters. The summed E-state index contributed by atoms with van der Waals surface area (Å²) < 4.78 is 22.1. The maximum absolute atomic E-state index is 5.83. The van der Waals surface area contributed by atoms with E-state index in [1.54, 1.807) is 7.11 Å². The second kappa shape index (κ2) is 8.18. The Bertz CT molecular complexity index is 1100. The lowest BCUT2D eigenvalue weighted by Crippen LogP contribution is -1.95. The van der Waals surface area contributed by atoms with Crippen LogP contribution in [0.15, 0.2) is 57.5 Å². The molecule has 0 radical (unpaired) electrons. The van der Waals surface area contributed by atoms with E-state index in [1.165, 1.54) is 0 Å². The predicted molar refractivity (Wildman–Crippen MR) is 107 cm³/mol. The first kappa shape index (κ1) is 18.7. The smallest absolute Gasteiger partial charge is 0.261 e. The number of hydrogen-bond acceptors (Lipinski definition) is 7. The number of aromatic nitrogens is 3. The molecule has 2 aromatic heterocycles. The number of para-hydroxylation sites is 1. The van der Waals surface area contributed by atoms with Crippen molar-refractivity contribution in [1.82, 2.24) is 15.1 Å². The van der Waals surface area contributed by atoms with Crippen molar-refractivity contribution >= 4 is 0 Å². The van der Waals surface area contributed by atoms with E-state index in [0.717, 1.165) is 28.3 Å². The monoisotopic (exact) mass is 391 g/mol. The average Bonchev–Trinajstić information content (AvgIpc) is 3.36. The highest BCUT2D eigenvalue weighted by atomic mass is 16.5.